The van der Waals surface area contributed by atoms with Gasteiger partial charge in [0.25, 0.3) is 0 Å². The summed E-state index contributed by atoms with van der Waals surface area (Å²) in [5, 5.41) is 0. The van der Waals surface area contributed by atoms with Crippen molar-refractivity contribution in [2.75, 3.05) is 0 Å². The summed E-state index contributed by atoms with van der Waals surface area (Å²) in [6, 6.07) is 58.0. The largest absolute Gasteiger partial charge is 1.00 e. The quantitative estimate of drug-likeness (QED) is 0.189. The molecule has 260 valence electrons. The Bertz CT molecular complexity index is 2170. The molecule has 0 saturated carbocycles. The molecule has 8 rings (SSSR count). The molecule has 52 heavy (non-hydrogen) atoms. The second kappa shape index (κ2) is 15.0. The van der Waals surface area contributed by atoms with Crippen molar-refractivity contribution in [2.45, 2.75) is 59.6 Å². The summed E-state index contributed by atoms with van der Waals surface area (Å²) in [5.74, 6) is 0. The van der Waals surface area contributed by atoms with Crippen LogP contribution < -0.4 is 24.8 Å². The van der Waals surface area contributed by atoms with Crippen molar-refractivity contribution < 1.29 is 46.1 Å². The molecule has 2 aliphatic rings. The molecule has 0 saturated heterocycles. The summed E-state index contributed by atoms with van der Waals surface area (Å²) in [6.45, 7) is 14.1. The van der Waals surface area contributed by atoms with E-state index in [1.807, 2.05) is 0 Å². The fourth-order valence-corrected chi connectivity index (χ4v) is 18.1. The van der Waals surface area contributed by atoms with Crippen molar-refractivity contribution in [1.82, 2.24) is 0 Å². The van der Waals surface area contributed by atoms with Gasteiger partial charge in [-0.25, -0.2) is 0 Å². The fraction of sp³-hybridized carbons (Fsp3) is 0.204. The van der Waals surface area contributed by atoms with E-state index in [-0.39, 0.29) is 35.6 Å². The Morgan fingerprint density at radius 1 is 0.462 bits per heavy atom. The van der Waals surface area contributed by atoms with E-state index in [1.54, 1.807) is 3.21 Å². The minimum atomic E-state index is -3.01. The van der Waals surface area contributed by atoms with Gasteiger partial charge in [-0.05, 0) is 0 Å². The van der Waals surface area contributed by atoms with Crippen molar-refractivity contribution >= 4 is 8.78 Å². The second-order valence-corrected chi connectivity index (χ2v) is 22.5. The van der Waals surface area contributed by atoms with Gasteiger partial charge in [-0.15, -0.1) is 0 Å². The van der Waals surface area contributed by atoms with Crippen molar-refractivity contribution in [3.8, 4) is 11.1 Å². The monoisotopic (exact) mass is 794 g/mol. The molecule has 0 heterocycles. The maximum atomic E-state index is 2.69. The van der Waals surface area contributed by atoms with Crippen LogP contribution in [0.4, 0.5) is 0 Å². The molecule has 1 atom stereocenters. The first-order valence-electron chi connectivity index (χ1n) is 18.1. The van der Waals surface area contributed by atoms with Crippen molar-refractivity contribution in [1.29, 1.82) is 0 Å². The average molecular weight is 797 g/mol. The van der Waals surface area contributed by atoms with Gasteiger partial charge in [0.05, 0.1) is 0 Å². The minimum absolute atomic E-state index is 0. The summed E-state index contributed by atoms with van der Waals surface area (Å²) < 4.78 is 2.29. The molecule has 6 aromatic carbocycles. The van der Waals surface area contributed by atoms with Crippen LogP contribution in [0.3, 0.4) is 0 Å². The van der Waals surface area contributed by atoms with Crippen molar-refractivity contribution in [3.05, 3.63) is 208 Å². The van der Waals surface area contributed by atoms with Gasteiger partial charge < -0.3 is 24.8 Å². The van der Waals surface area contributed by atoms with Gasteiger partial charge in [0.1, 0.15) is 0 Å². The van der Waals surface area contributed by atoms with Crippen LogP contribution in [-0.4, -0.2) is 3.21 Å². The van der Waals surface area contributed by atoms with Crippen molar-refractivity contribution in [2.24, 2.45) is 0 Å². The molecule has 0 aliphatic heterocycles. The molecule has 2 aliphatic carbocycles. The number of fused-ring (bicyclic) bond motifs is 4. The van der Waals surface area contributed by atoms with E-state index in [0.717, 1.165) is 0 Å². The van der Waals surface area contributed by atoms with E-state index in [0.29, 0.717) is 7.25 Å². The normalized spacial score (nSPS) is 14.5. The molecule has 0 N–H and O–H groups in total. The van der Waals surface area contributed by atoms with Crippen LogP contribution in [0.5, 0.6) is 0 Å². The molecule has 0 radical (unpaired) electrons. The molecule has 0 fully saturated rings. The summed E-state index contributed by atoms with van der Waals surface area (Å²) in [5.41, 5.74) is 17.2. The Balaban J connectivity index is 0.00000232. The maximum Gasteiger partial charge on any atom is -1.00 e. The smallest absolute Gasteiger partial charge is 1.00 e. The molecule has 0 amide bonds. The molecule has 6 aromatic rings. The van der Waals surface area contributed by atoms with Gasteiger partial charge in [-0.3, -0.25) is 0 Å². The summed E-state index contributed by atoms with van der Waals surface area (Å²) in [7, 11) is 0. The first-order chi connectivity index (χ1) is 24.1. The van der Waals surface area contributed by atoms with E-state index < -0.39 is 21.3 Å². The fourth-order valence-electron chi connectivity index (χ4n) is 8.20. The predicted octanol–water partition coefficient (Wildman–Crippen LogP) is 6.43. The number of halogens is 2. The Morgan fingerprint density at radius 2 is 0.904 bits per heavy atom. The Morgan fingerprint density at radius 3 is 1.38 bits per heavy atom. The third-order valence-electron chi connectivity index (χ3n) is 10.8. The number of allylic oxidation sites excluding steroid dienone is 1. The zero-order chi connectivity index (χ0) is 34.6. The number of rotatable bonds is 5. The number of benzene rings is 6. The van der Waals surface area contributed by atoms with E-state index in [4.69, 9.17) is 0 Å². The molecule has 1 unspecified atom stereocenters. The molecular formula is C49H46Cl2Zr. The first kappa shape index (κ1) is 38.1. The molecule has 0 nitrogen and oxygen atoms in total. The van der Waals surface area contributed by atoms with E-state index in [2.05, 4.69) is 199 Å². The zero-order valence-corrected chi connectivity index (χ0v) is 34.9. The van der Waals surface area contributed by atoms with Gasteiger partial charge in [0, 0.05) is 0 Å². The SMILES string of the molecule is CC(C)(C)c1ccc2c(c1)[CH]([Zr+2](=[C](c1ccccc1)c1ccccc1)[CH]1C=C(c3ccccc3)c3ccccc31)c1cc(C(C)(C)C)ccc1-2.[Cl-].[Cl-]. The Hall–Kier alpha value is -3.61. The molecule has 0 bridgehead atoms. The maximum absolute atomic E-state index is 3.01. The minimum Gasteiger partial charge on any atom is -1.00 e. The van der Waals surface area contributed by atoms with Crippen LogP contribution in [0.25, 0.3) is 16.7 Å². The standard InChI is InChI=1S/C21H25.C15H11.C13H10.2ClH.Zr/c1-20(2,3)16-7-9-18-14(12-16)11-15-13-17(21(4,5)6)8-10-19(15)18;1-2-6-12(7-3-1)15-11-10-13-8-4-5-9-14(13)15;1-3-7-12(8-4-1)11-13-9-5-2-6-10-13;;;/h7-13H,1-6H3;1-11H;1-10H;2*1H;/q;;;;;+2/p-2. The molecule has 0 spiro atoms. The Kier molecular flexibility index (Phi) is 11.0. The number of hydrogen-bond donors (Lipinski definition) is 0. The van der Waals surface area contributed by atoms with Gasteiger partial charge >= 0.3 is 309 Å². The third-order valence-corrected chi connectivity index (χ3v) is 19.5. The number of hydrogen-bond acceptors (Lipinski definition) is 0. The zero-order valence-electron chi connectivity index (χ0n) is 30.9. The van der Waals surface area contributed by atoms with Gasteiger partial charge in [-0.2, -0.15) is 0 Å². The van der Waals surface area contributed by atoms with Crippen LogP contribution in [0.2, 0.25) is 0 Å². The van der Waals surface area contributed by atoms with Gasteiger partial charge in [0.2, 0.25) is 0 Å². The molecule has 3 heteroatoms. The van der Waals surface area contributed by atoms with Crippen LogP contribution in [0, 0.1) is 0 Å². The second-order valence-electron chi connectivity index (χ2n) is 16.1. The Labute approximate surface area is 331 Å². The average Bonchev–Trinajstić information content (AvgIpc) is 3.66. The summed E-state index contributed by atoms with van der Waals surface area (Å²) in [4.78, 5) is 0. The van der Waals surface area contributed by atoms with E-state index in [9.17, 15) is 0 Å². The van der Waals surface area contributed by atoms with Gasteiger partial charge in [-0.1, -0.05) is 0 Å². The first-order valence-corrected chi connectivity index (χ1v) is 22.2. The molecule has 0 aromatic heterocycles. The van der Waals surface area contributed by atoms with E-state index >= 15 is 0 Å². The summed E-state index contributed by atoms with van der Waals surface area (Å²) in [6.07, 6.45) is 2.69. The van der Waals surface area contributed by atoms with E-state index in [1.165, 1.54) is 66.8 Å². The van der Waals surface area contributed by atoms with Crippen LogP contribution in [-0.2, 0) is 32.1 Å². The summed E-state index contributed by atoms with van der Waals surface area (Å²) >= 11 is -3.01. The van der Waals surface area contributed by atoms with Crippen LogP contribution in [0.15, 0.2) is 158 Å². The van der Waals surface area contributed by atoms with Crippen molar-refractivity contribution in [3.63, 3.8) is 0 Å². The third kappa shape index (κ3) is 6.94. The topological polar surface area (TPSA) is 0 Å². The van der Waals surface area contributed by atoms with Gasteiger partial charge in [0.15, 0.2) is 0 Å². The molecular weight excluding hydrogens is 751 g/mol. The predicted molar refractivity (Wildman–Crippen MR) is 210 cm³/mol. The van der Waals surface area contributed by atoms with Crippen LogP contribution in [0.1, 0.15) is 98.9 Å². The van der Waals surface area contributed by atoms with Crippen LogP contribution >= 0.6 is 0 Å².